The molecule has 174 valence electrons. The van der Waals surface area contributed by atoms with E-state index in [0.29, 0.717) is 0 Å². The summed E-state index contributed by atoms with van der Waals surface area (Å²) < 4.78 is 29.0. The van der Waals surface area contributed by atoms with Gasteiger partial charge in [-0.2, -0.15) is 0 Å². The van der Waals surface area contributed by atoms with Crippen molar-refractivity contribution in [2.45, 2.75) is 50.7 Å². The van der Waals surface area contributed by atoms with Crippen LogP contribution in [0, 0.1) is 0 Å². The Balaban J connectivity index is 1.65. The summed E-state index contributed by atoms with van der Waals surface area (Å²) in [5.41, 5.74) is -1.12. The first-order valence-corrected chi connectivity index (χ1v) is 13.0. The van der Waals surface area contributed by atoms with Crippen LogP contribution in [-0.2, 0) is 9.16 Å². The zero-order valence-electron chi connectivity index (χ0n) is 19.0. The first kappa shape index (κ1) is 23.3. The maximum absolute atomic E-state index is 15.0. The minimum absolute atomic E-state index is 0.0146. The summed E-state index contributed by atoms with van der Waals surface area (Å²) in [6.07, 6.45) is -1.57. The van der Waals surface area contributed by atoms with Gasteiger partial charge >= 0.3 is 5.69 Å². The summed E-state index contributed by atoms with van der Waals surface area (Å²) >= 11 is 0. The molecule has 8 heteroatoms. The number of ether oxygens (including phenoxy) is 1. The van der Waals surface area contributed by atoms with Crippen LogP contribution in [0.5, 0.6) is 0 Å². The Morgan fingerprint density at radius 1 is 1.03 bits per heavy atom. The average Bonchev–Trinajstić information content (AvgIpc) is 3.15. The van der Waals surface area contributed by atoms with Gasteiger partial charge in [0.15, 0.2) is 0 Å². The van der Waals surface area contributed by atoms with Crippen molar-refractivity contribution in [3.63, 3.8) is 0 Å². The molecule has 6 nitrogen and oxygen atoms in total. The molecule has 1 aromatic heterocycles. The van der Waals surface area contributed by atoms with Crippen LogP contribution in [0.1, 0.15) is 33.4 Å². The molecule has 3 atom stereocenters. The van der Waals surface area contributed by atoms with Crippen molar-refractivity contribution in [3.8, 4) is 0 Å². The topological polar surface area (TPSA) is 73.3 Å². The van der Waals surface area contributed by atoms with E-state index >= 15 is 4.39 Å². The first-order chi connectivity index (χ1) is 15.7. The number of alkyl halides is 1. The monoisotopic (exact) mass is 468 g/mol. The summed E-state index contributed by atoms with van der Waals surface area (Å²) in [6, 6.07) is 21.5. The van der Waals surface area contributed by atoms with Crippen molar-refractivity contribution in [2.24, 2.45) is 0 Å². The number of H-pyrrole nitrogens is 1. The van der Waals surface area contributed by atoms with Crippen LogP contribution >= 0.6 is 0 Å². The van der Waals surface area contributed by atoms with Gasteiger partial charge in [0.25, 0.3) is 13.9 Å². The number of benzene rings is 2. The van der Waals surface area contributed by atoms with Gasteiger partial charge in [0.1, 0.15) is 18.5 Å². The van der Waals surface area contributed by atoms with E-state index in [1.807, 2.05) is 36.4 Å². The van der Waals surface area contributed by atoms with Gasteiger partial charge in [-0.3, -0.25) is 14.3 Å². The molecular formula is C25H29FN2O4Si. The van der Waals surface area contributed by atoms with E-state index in [4.69, 9.17) is 9.16 Å². The van der Waals surface area contributed by atoms with E-state index in [-0.39, 0.29) is 18.1 Å². The largest absolute Gasteiger partial charge is 0.405 e. The van der Waals surface area contributed by atoms with E-state index in [2.05, 4.69) is 50.0 Å². The quantitative estimate of drug-likeness (QED) is 0.565. The summed E-state index contributed by atoms with van der Waals surface area (Å²) in [5, 5.41) is 1.96. The number of aromatic nitrogens is 2. The van der Waals surface area contributed by atoms with Gasteiger partial charge < -0.3 is 9.16 Å². The molecule has 4 rings (SSSR count). The highest BCUT2D eigenvalue weighted by Crippen LogP contribution is 2.38. The minimum atomic E-state index is -2.83. The van der Waals surface area contributed by atoms with Crippen molar-refractivity contribution in [2.75, 3.05) is 6.61 Å². The second-order valence-electron chi connectivity index (χ2n) is 9.37. The Hall–Kier alpha value is -2.81. The van der Waals surface area contributed by atoms with E-state index in [1.54, 1.807) is 0 Å². The highest BCUT2D eigenvalue weighted by atomic mass is 28.4. The average molecular weight is 469 g/mol. The standard InChI is InChI=1S/C25H29FN2O4Si/c1-25(2,3)33(18-10-6-4-7-11-18,19-12-8-5-9-13-19)31-17-21-20(26)16-23(32-21)28-15-14-22(29)27-24(28)30/h4-15,20-21,23H,16-17H2,1-3H3,(H,27,29,30)/t20?,21-,23-/m0/s1. The number of hydrogen-bond acceptors (Lipinski definition) is 4. The van der Waals surface area contributed by atoms with Gasteiger partial charge in [0.2, 0.25) is 0 Å². The first-order valence-electron chi connectivity index (χ1n) is 11.1. The number of nitrogens with zero attached hydrogens (tertiary/aromatic N) is 1. The molecule has 0 aliphatic carbocycles. The SMILES string of the molecule is CC(C)(C)[Si](OC[C@@H]1O[C@H](n2ccc(=O)[nH]c2=O)CC1F)(c1ccccc1)c1ccccc1. The molecule has 0 radical (unpaired) electrons. The van der Waals surface area contributed by atoms with Gasteiger partial charge in [0, 0.05) is 18.7 Å². The van der Waals surface area contributed by atoms with E-state index in [0.717, 1.165) is 10.4 Å². The lowest BCUT2D eigenvalue weighted by Gasteiger charge is -2.43. The van der Waals surface area contributed by atoms with Gasteiger partial charge in [-0.05, 0) is 15.4 Å². The Kier molecular flexibility index (Phi) is 6.51. The predicted octanol–water partition coefficient (Wildman–Crippen LogP) is 2.74. The maximum atomic E-state index is 15.0. The summed E-state index contributed by atoms with van der Waals surface area (Å²) in [7, 11) is -2.83. The van der Waals surface area contributed by atoms with Gasteiger partial charge in [-0.1, -0.05) is 81.4 Å². The lowest BCUT2D eigenvalue weighted by Crippen LogP contribution is -2.67. The van der Waals surface area contributed by atoms with Crippen molar-refractivity contribution >= 4 is 18.7 Å². The molecule has 0 spiro atoms. The number of halogens is 1. The second-order valence-corrected chi connectivity index (χ2v) is 13.7. The van der Waals surface area contributed by atoms with Crippen LogP contribution < -0.4 is 21.6 Å². The van der Waals surface area contributed by atoms with Gasteiger partial charge in [-0.15, -0.1) is 0 Å². The highest BCUT2D eigenvalue weighted by molar-refractivity contribution is 6.99. The Bertz CT molecular complexity index is 1150. The normalized spacial score (nSPS) is 21.3. The molecule has 0 bridgehead atoms. The van der Waals surface area contributed by atoms with Crippen LogP contribution in [0.2, 0.25) is 5.04 Å². The van der Waals surface area contributed by atoms with Crippen LogP contribution in [0.3, 0.4) is 0 Å². The zero-order valence-corrected chi connectivity index (χ0v) is 20.0. The van der Waals surface area contributed by atoms with Crippen molar-refractivity contribution < 1.29 is 13.6 Å². The van der Waals surface area contributed by atoms with E-state index < -0.39 is 38.1 Å². The number of aromatic amines is 1. The molecule has 1 unspecified atom stereocenters. The molecule has 1 saturated heterocycles. The smallest absolute Gasteiger partial charge is 0.330 e. The summed E-state index contributed by atoms with van der Waals surface area (Å²) in [6.45, 7) is 6.53. The lowest BCUT2D eigenvalue weighted by atomic mass is 10.2. The zero-order chi connectivity index (χ0) is 23.6. The Morgan fingerprint density at radius 2 is 1.61 bits per heavy atom. The minimum Gasteiger partial charge on any atom is -0.405 e. The molecule has 1 aliphatic rings. The van der Waals surface area contributed by atoms with Crippen LogP contribution in [0.4, 0.5) is 4.39 Å². The fraction of sp³-hybridized carbons (Fsp3) is 0.360. The van der Waals surface area contributed by atoms with Crippen LogP contribution in [0.25, 0.3) is 0 Å². The van der Waals surface area contributed by atoms with Crippen LogP contribution in [-0.4, -0.2) is 36.8 Å². The fourth-order valence-corrected chi connectivity index (χ4v) is 9.20. The molecule has 1 aliphatic heterocycles. The maximum Gasteiger partial charge on any atom is 0.330 e. The third-order valence-corrected chi connectivity index (χ3v) is 11.2. The van der Waals surface area contributed by atoms with Crippen molar-refractivity contribution in [3.05, 3.63) is 93.8 Å². The predicted molar refractivity (Wildman–Crippen MR) is 128 cm³/mol. The van der Waals surface area contributed by atoms with Crippen molar-refractivity contribution in [1.29, 1.82) is 0 Å². The fourth-order valence-electron chi connectivity index (χ4n) is 4.63. The summed E-state index contributed by atoms with van der Waals surface area (Å²) in [5.74, 6) is 0. The second kappa shape index (κ2) is 9.21. The van der Waals surface area contributed by atoms with Crippen LogP contribution in [0.15, 0.2) is 82.5 Å². The number of nitrogens with one attached hydrogen (secondary N) is 1. The van der Waals surface area contributed by atoms with E-state index in [1.165, 1.54) is 16.8 Å². The van der Waals surface area contributed by atoms with Crippen molar-refractivity contribution in [1.82, 2.24) is 9.55 Å². The highest BCUT2D eigenvalue weighted by Gasteiger charge is 2.51. The number of rotatable bonds is 6. The number of hydrogen-bond donors (Lipinski definition) is 1. The molecule has 3 aromatic rings. The lowest BCUT2D eigenvalue weighted by molar-refractivity contribution is -0.0323. The molecule has 0 saturated carbocycles. The molecule has 2 heterocycles. The molecule has 0 amide bonds. The third kappa shape index (κ3) is 4.51. The van der Waals surface area contributed by atoms with Gasteiger partial charge in [0.05, 0.1) is 6.61 Å². The Labute approximate surface area is 193 Å². The van der Waals surface area contributed by atoms with Gasteiger partial charge in [-0.25, -0.2) is 9.18 Å². The van der Waals surface area contributed by atoms with E-state index in [9.17, 15) is 9.59 Å². The summed E-state index contributed by atoms with van der Waals surface area (Å²) in [4.78, 5) is 25.7. The molecule has 1 N–H and O–H groups in total. The Morgan fingerprint density at radius 3 is 2.12 bits per heavy atom. The molecule has 2 aromatic carbocycles. The molecular weight excluding hydrogens is 439 g/mol. The third-order valence-electron chi connectivity index (χ3n) is 6.20. The molecule has 33 heavy (non-hydrogen) atoms. The molecule has 1 fully saturated rings.